The number of benzene rings is 2. The molecule has 2 aromatic carbocycles. The minimum absolute atomic E-state index is 0.153. The van der Waals surface area contributed by atoms with Crippen LogP contribution in [0.1, 0.15) is 26.8 Å². The zero-order valence-electron chi connectivity index (χ0n) is 13.4. The van der Waals surface area contributed by atoms with Crippen LogP contribution in [0.4, 0.5) is 0 Å². The summed E-state index contributed by atoms with van der Waals surface area (Å²) in [6, 6.07) is 20.3. The van der Waals surface area contributed by atoms with Crippen LogP contribution >= 0.6 is 11.3 Å². The van der Waals surface area contributed by atoms with Crippen molar-refractivity contribution >= 4 is 23.5 Å². The number of carbonyl (C=O) groups excluding carboxylic acids is 2. The molecule has 1 N–H and O–H groups in total. The molecule has 0 spiro atoms. The summed E-state index contributed by atoms with van der Waals surface area (Å²) in [6.45, 7) is -0.153. The highest BCUT2D eigenvalue weighted by Crippen LogP contribution is 2.26. The number of hydrogen-bond donors (Lipinski definition) is 1. The molecule has 1 aromatic heterocycles. The Balaban J connectivity index is 1.70. The molecule has 0 aliphatic rings. The Morgan fingerprint density at radius 2 is 1.80 bits per heavy atom. The second-order valence-corrected chi connectivity index (χ2v) is 6.35. The molecule has 25 heavy (non-hydrogen) atoms. The van der Waals surface area contributed by atoms with Gasteiger partial charge in [0.1, 0.15) is 5.75 Å². The van der Waals surface area contributed by atoms with Gasteiger partial charge >= 0.3 is 0 Å². The number of nitrogens with one attached hydrogen (secondary N) is 1. The lowest BCUT2D eigenvalue weighted by Gasteiger charge is -2.18. The van der Waals surface area contributed by atoms with Crippen molar-refractivity contribution in [1.29, 1.82) is 0 Å². The summed E-state index contributed by atoms with van der Waals surface area (Å²) in [5.41, 5.74) is 1.43. The van der Waals surface area contributed by atoms with Gasteiger partial charge in [-0.1, -0.05) is 48.5 Å². The molecule has 1 atom stereocenters. The summed E-state index contributed by atoms with van der Waals surface area (Å²) in [7, 11) is 0. The molecule has 1 amide bonds. The van der Waals surface area contributed by atoms with E-state index in [0.29, 0.717) is 17.6 Å². The van der Waals surface area contributed by atoms with Crippen molar-refractivity contribution in [3.63, 3.8) is 0 Å². The van der Waals surface area contributed by atoms with Crippen LogP contribution in [0.2, 0.25) is 0 Å². The Labute approximate surface area is 150 Å². The van der Waals surface area contributed by atoms with E-state index in [0.717, 1.165) is 10.4 Å². The summed E-state index contributed by atoms with van der Waals surface area (Å²) in [4.78, 5) is 24.4. The topological polar surface area (TPSA) is 55.4 Å². The molecule has 0 aliphatic heterocycles. The van der Waals surface area contributed by atoms with E-state index < -0.39 is 0 Å². The number of ether oxygens (including phenoxy) is 1. The molecule has 4 nitrogen and oxygen atoms in total. The Morgan fingerprint density at radius 3 is 2.52 bits per heavy atom. The second kappa shape index (κ2) is 8.26. The highest BCUT2D eigenvalue weighted by Gasteiger charge is 2.18. The number of thiophene rings is 1. The molecular weight excluding hydrogens is 334 g/mol. The third kappa shape index (κ3) is 4.33. The van der Waals surface area contributed by atoms with Gasteiger partial charge in [0.2, 0.25) is 0 Å². The van der Waals surface area contributed by atoms with Crippen LogP contribution in [-0.2, 0) is 4.79 Å². The van der Waals surface area contributed by atoms with Gasteiger partial charge in [0, 0.05) is 4.88 Å². The van der Waals surface area contributed by atoms with E-state index >= 15 is 0 Å². The first-order valence-electron chi connectivity index (χ1n) is 7.82. The molecule has 0 saturated carbocycles. The quantitative estimate of drug-likeness (QED) is 0.658. The molecule has 0 aliphatic carbocycles. The molecule has 5 heteroatoms. The number of aldehydes is 1. The van der Waals surface area contributed by atoms with Crippen LogP contribution in [0.15, 0.2) is 72.1 Å². The predicted molar refractivity (Wildman–Crippen MR) is 98.1 cm³/mol. The number of rotatable bonds is 7. The molecule has 0 saturated heterocycles. The van der Waals surface area contributed by atoms with E-state index in [1.807, 2.05) is 47.8 Å². The summed E-state index contributed by atoms with van der Waals surface area (Å²) in [5.74, 6) is 0.156. The lowest BCUT2D eigenvalue weighted by atomic mass is 10.1. The SMILES string of the molecule is O=Cc1ccccc1OCC(=O)N[C@H](c1ccccc1)c1cccs1. The monoisotopic (exact) mass is 351 g/mol. The number of amides is 1. The van der Waals surface area contributed by atoms with Crippen LogP contribution in [0.3, 0.4) is 0 Å². The number of para-hydroxylation sites is 1. The van der Waals surface area contributed by atoms with Crippen LogP contribution in [0.25, 0.3) is 0 Å². The fraction of sp³-hybridized carbons (Fsp3) is 0.100. The van der Waals surface area contributed by atoms with Crippen molar-refractivity contribution in [2.45, 2.75) is 6.04 Å². The largest absolute Gasteiger partial charge is 0.483 e. The lowest BCUT2D eigenvalue weighted by molar-refractivity contribution is -0.123. The van der Waals surface area contributed by atoms with Gasteiger partial charge in [-0.15, -0.1) is 11.3 Å². The molecule has 0 radical (unpaired) electrons. The first-order valence-corrected chi connectivity index (χ1v) is 8.70. The Morgan fingerprint density at radius 1 is 1.04 bits per heavy atom. The minimum atomic E-state index is -0.247. The van der Waals surface area contributed by atoms with Gasteiger partial charge in [0.25, 0.3) is 5.91 Å². The first-order chi connectivity index (χ1) is 12.3. The molecule has 126 valence electrons. The lowest BCUT2D eigenvalue weighted by Crippen LogP contribution is -2.33. The summed E-state index contributed by atoms with van der Waals surface area (Å²) in [6.07, 6.45) is 0.714. The second-order valence-electron chi connectivity index (χ2n) is 5.37. The highest BCUT2D eigenvalue weighted by molar-refractivity contribution is 7.10. The van der Waals surface area contributed by atoms with Crippen molar-refractivity contribution in [2.75, 3.05) is 6.61 Å². The number of carbonyl (C=O) groups is 2. The van der Waals surface area contributed by atoms with Gasteiger partial charge in [0.15, 0.2) is 12.9 Å². The van der Waals surface area contributed by atoms with Crippen LogP contribution < -0.4 is 10.1 Å². The van der Waals surface area contributed by atoms with Crippen LogP contribution in [0.5, 0.6) is 5.75 Å². The average Bonchev–Trinajstić information content (AvgIpc) is 3.20. The van der Waals surface area contributed by atoms with Gasteiger partial charge in [-0.2, -0.15) is 0 Å². The molecular formula is C20H17NO3S. The maximum atomic E-state index is 12.4. The van der Waals surface area contributed by atoms with Crippen molar-refractivity contribution < 1.29 is 14.3 Å². The fourth-order valence-corrected chi connectivity index (χ4v) is 3.28. The average molecular weight is 351 g/mol. The van der Waals surface area contributed by atoms with Crippen LogP contribution in [-0.4, -0.2) is 18.8 Å². The summed E-state index contributed by atoms with van der Waals surface area (Å²) >= 11 is 1.59. The zero-order chi connectivity index (χ0) is 17.5. The Hall–Kier alpha value is -2.92. The van der Waals surface area contributed by atoms with Gasteiger partial charge in [-0.25, -0.2) is 0 Å². The van der Waals surface area contributed by atoms with Crippen molar-refractivity contribution in [3.05, 3.63) is 88.1 Å². The van der Waals surface area contributed by atoms with Gasteiger partial charge < -0.3 is 10.1 Å². The van der Waals surface area contributed by atoms with Gasteiger partial charge in [0.05, 0.1) is 11.6 Å². The Kier molecular flexibility index (Phi) is 5.59. The third-order valence-electron chi connectivity index (χ3n) is 3.67. The molecule has 0 unspecified atom stereocenters. The molecule has 3 rings (SSSR count). The standard InChI is InChI=1S/C20H17NO3S/c22-13-16-9-4-5-10-17(16)24-14-19(23)21-20(18-11-6-12-25-18)15-7-2-1-3-8-15/h1-13,20H,14H2,(H,21,23)/t20-/m1/s1. The number of hydrogen-bond acceptors (Lipinski definition) is 4. The molecule has 3 aromatic rings. The smallest absolute Gasteiger partial charge is 0.258 e. The van der Waals surface area contributed by atoms with E-state index in [-0.39, 0.29) is 18.6 Å². The highest BCUT2D eigenvalue weighted by atomic mass is 32.1. The van der Waals surface area contributed by atoms with E-state index in [1.165, 1.54) is 0 Å². The van der Waals surface area contributed by atoms with Crippen molar-refractivity contribution in [1.82, 2.24) is 5.32 Å². The Bertz CT molecular complexity index is 831. The van der Waals surface area contributed by atoms with Gasteiger partial charge in [-0.3, -0.25) is 9.59 Å². The molecule has 1 heterocycles. The van der Waals surface area contributed by atoms with E-state index in [4.69, 9.17) is 4.74 Å². The first kappa shape index (κ1) is 16.9. The molecule has 0 fully saturated rings. The van der Waals surface area contributed by atoms with Crippen molar-refractivity contribution in [2.24, 2.45) is 0 Å². The maximum absolute atomic E-state index is 12.4. The van der Waals surface area contributed by atoms with E-state index in [9.17, 15) is 9.59 Å². The van der Waals surface area contributed by atoms with Crippen molar-refractivity contribution in [3.8, 4) is 5.75 Å². The van der Waals surface area contributed by atoms with E-state index in [2.05, 4.69) is 5.32 Å². The predicted octanol–water partition coefficient (Wildman–Crippen LogP) is 3.85. The minimum Gasteiger partial charge on any atom is -0.483 e. The summed E-state index contributed by atoms with van der Waals surface area (Å²) in [5, 5.41) is 4.98. The zero-order valence-corrected chi connectivity index (χ0v) is 14.2. The van der Waals surface area contributed by atoms with Gasteiger partial charge in [-0.05, 0) is 29.1 Å². The molecule has 0 bridgehead atoms. The normalized spacial score (nSPS) is 11.5. The van der Waals surface area contributed by atoms with E-state index in [1.54, 1.807) is 35.6 Å². The maximum Gasteiger partial charge on any atom is 0.258 e. The fourth-order valence-electron chi connectivity index (χ4n) is 2.48. The third-order valence-corrected chi connectivity index (χ3v) is 4.61. The van der Waals surface area contributed by atoms with Crippen LogP contribution in [0, 0.1) is 0 Å². The summed E-state index contributed by atoms with van der Waals surface area (Å²) < 4.78 is 5.50.